The third-order valence-corrected chi connectivity index (χ3v) is 2.44. The quantitative estimate of drug-likeness (QED) is 0.854. The lowest BCUT2D eigenvalue weighted by Gasteiger charge is -2.13. The maximum Gasteiger partial charge on any atom is 0.0587 e. The van der Waals surface area contributed by atoms with Crippen molar-refractivity contribution in [3.63, 3.8) is 0 Å². The number of pyridine rings is 1. The molecular weight excluding hydrogens is 278 g/mol. The van der Waals surface area contributed by atoms with Crippen LogP contribution < -0.4 is 0 Å². The Labute approximate surface area is 114 Å². The fraction of sp³-hybridized carbons (Fsp3) is 0.538. The van der Waals surface area contributed by atoms with E-state index in [0.717, 1.165) is 4.47 Å². The van der Waals surface area contributed by atoms with Crippen LogP contribution in [0, 0.1) is 11.3 Å². The van der Waals surface area contributed by atoms with Gasteiger partial charge in [0.2, 0.25) is 0 Å². The molecule has 0 aliphatic heterocycles. The Kier molecular flexibility index (Phi) is 16.4. The lowest BCUT2D eigenvalue weighted by atomic mass is 10.5. The first-order valence-corrected chi connectivity index (χ1v) is 6.54. The van der Waals surface area contributed by atoms with Gasteiger partial charge in [-0.1, -0.05) is 20.8 Å². The van der Waals surface area contributed by atoms with Crippen LogP contribution in [0.4, 0.5) is 0 Å². The number of hydrogen-bond donors (Lipinski definition) is 0. The summed E-state index contributed by atoms with van der Waals surface area (Å²) in [6.07, 6.45) is 3.49. The van der Waals surface area contributed by atoms with E-state index in [1.165, 1.54) is 26.6 Å². The highest BCUT2D eigenvalue weighted by Crippen LogP contribution is 2.02. The maximum absolute atomic E-state index is 7.32. The number of nitrogens with zero attached hydrogens (tertiary/aromatic N) is 3. The highest BCUT2D eigenvalue weighted by Gasteiger charge is 1.89. The first-order chi connectivity index (χ1) is 8.15. The summed E-state index contributed by atoms with van der Waals surface area (Å²) in [7, 11) is 0. The Morgan fingerprint density at radius 3 is 1.88 bits per heavy atom. The topological polar surface area (TPSA) is 39.9 Å². The number of halogens is 1. The molecule has 0 unspecified atom stereocenters. The fourth-order valence-electron chi connectivity index (χ4n) is 1.01. The van der Waals surface area contributed by atoms with Crippen molar-refractivity contribution in [2.45, 2.75) is 27.7 Å². The molecule has 17 heavy (non-hydrogen) atoms. The van der Waals surface area contributed by atoms with Crippen LogP contribution in [0.25, 0.3) is 0 Å². The normalized spacial score (nSPS) is 8.29. The van der Waals surface area contributed by atoms with Crippen LogP contribution in [0.2, 0.25) is 0 Å². The average Bonchev–Trinajstić information content (AvgIpc) is 2.34. The number of aromatic nitrogens is 1. The summed E-state index contributed by atoms with van der Waals surface area (Å²) in [5, 5.41) is 7.32. The SMILES string of the molecule is Brc1cccnc1.CC#N.CCN(CC)CC. The average molecular weight is 300 g/mol. The first kappa shape index (κ1) is 18.4. The van der Waals surface area contributed by atoms with E-state index < -0.39 is 0 Å². The third-order valence-electron chi connectivity index (χ3n) is 1.97. The Balaban J connectivity index is 0. The Hall–Kier alpha value is -0.920. The highest BCUT2D eigenvalue weighted by molar-refractivity contribution is 9.10. The largest absolute Gasteiger partial charge is 0.304 e. The van der Waals surface area contributed by atoms with E-state index in [2.05, 4.69) is 46.6 Å². The zero-order valence-corrected chi connectivity index (χ0v) is 12.7. The lowest BCUT2D eigenvalue weighted by Crippen LogP contribution is -2.21. The molecule has 0 radical (unpaired) electrons. The van der Waals surface area contributed by atoms with E-state index in [1.54, 1.807) is 18.5 Å². The molecule has 0 aliphatic rings. The fourth-order valence-corrected chi connectivity index (χ4v) is 1.28. The van der Waals surface area contributed by atoms with Gasteiger partial charge in [-0.2, -0.15) is 5.26 Å². The van der Waals surface area contributed by atoms with E-state index in [4.69, 9.17) is 5.26 Å². The predicted octanol–water partition coefficient (Wildman–Crippen LogP) is 3.72. The van der Waals surface area contributed by atoms with E-state index in [0.29, 0.717) is 0 Å². The van der Waals surface area contributed by atoms with Gasteiger partial charge in [-0.25, -0.2) is 0 Å². The van der Waals surface area contributed by atoms with Gasteiger partial charge in [-0.05, 0) is 47.7 Å². The smallest absolute Gasteiger partial charge is 0.0587 e. The molecule has 0 fully saturated rings. The van der Waals surface area contributed by atoms with Crippen molar-refractivity contribution in [1.29, 1.82) is 5.26 Å². The molecular formula is C13H22BrN3. The van der Waals surface area contributed by atoms with Gasteiger partial charge in [0.15, 0.2) is 0 Å². The second kappa shape index (κ2) is 15.1. The molecule has 0 aromatic carbocycles. The molecule has 1 aromatic heterocycles. The molecule has 3 nitrogen and oxygen atoms in total. The minimum atomic E-state index is 1.02. The predicted molar refractivity (Wildman–Crippen MR) is 76.7 cm³/mol. The van der Waals surface area contributed by atoms with E-state index in [1.807, 2.05) is 12.1 Å². The van der Waals surface area contributed by atoms with Crippen LogP contribution in [0.15, 0.2) is 29.0 Å². The summed E-state index contributed by atoms with van der Waals surface area (Å²) in [5.41, 5.74) is 0. The molecule has 0 bridgehead atoms. The van der Waals surface area contributed by atoms with Crippen molar-refractivity contribution in [2.24, 2.45) is 0 Å². The summed E-state index contributed by atoms with van der Waals surface area (Å²) < 4.78 is 1.02. The van der Waals surface area contributed by atoms with Crippen LogP contribution in [-0.2, 0) is 0 Å². The zero-order valence-electron chi connectivity index (χ0n) is 11.2. The summed E-state index contributed by atoms with van der Waals surface area (Å²) >= 11 is 3.25. The van der Waals surface area contributed by atoms with Gasteiger partial charge in [0.1, 0.15) is 0 Å². The van der Waals surface area contributed by atoms with Crippen molar-refractivity contribution in [3.05, 3.63) is 29.0 Å². The van der Waals surface area contributed by atoms with Gasteiger partial charge < -0.3 is 4.90 Å². The minimum Gasteiger partial charge on any atom is -0.304 e. The molecule has 0 atom stereocenters. The third kappa shape index (κ3) is 15.1. The van der Waals surface area contributed by atoms with Gasteiger partial charge in [0, 0.05) is 23.8 Å². The van der Waals surface area contributed by atoms with Crippen molar-refractivity contribution < 1.29 is 0 Å². The molecule has 0 amide bonds. The lowest BCUT2D eigenvalue weighted by molar-refractivity contribution is 0.321. The number of rotatable bonds is 3. The van der Waals surface area contributed by atoms with Gasteiger partial charge in [0.25, 0.3) is 0 Å². The Morgan fingerprint density at radius 1 is 1.29 bits per heavy atom. The monoisotopic (exact) mass is 299 g/mol. The van der Waals surface area contributed by atoms with Gasteiger partial charge >= 0.3 is 0 Å². The summed E-state index contributed by atoms with van der Waals surface area (Å²) in [6.45, 7) is 11.6. The summed E-state index contributed by atoms with van der Waals surface area (Å²) in [5.74, 6) is 0. The molecule has 0 saturated heterocycles. The van der Waals surface area contributed by atoms with Crippen molar-refractivity contribution in [2.75, 3.05) is 19.6 Å². The molecule has 1 heterocycles. The second-order valence-corrected chi connectivity index (χ2v) is 3.93. The molecule has 0 spiro atoms. The van der Waals surface area contributed by atoms with Crippen LogP contribution >= 0.6 is 15.9 Å². The van der Waals surface area contributed by atoms with Crippen LogP contribution in [0.1, 0.15) is 27.7 Å². The van der Waals surface area contributed by atoms with Crippen LogP contribution in [0.3, 0.4) is 0 Å². The van der Waals surface area contributed by atoms with Gasteiger partial charge in [-0.15, -0.1) is 0 Å². The van der Waals surface area contributed by atoms with Crippen LogP contribution in [-0.4, -0.2) is 29.5 Å². The summed E-state index contributed by atoms with van der Waals surface area (Å²) in [6, 6.07) is 5.57. The molecule has 0 N–H and O–H groups in total. The highest BCUT2D eigenvalue weighted by atomic mass is 79.9. The standard InChI is InChI=1S/C6H15N.C5H4BrN.C2H3N/c1-4-7(5-2)6-3;6-5-2-1-3-7-4-5;1-2-3/h4-6H2,1-3H3;1-4H;1H3. The molecule has 0 aliphatic carbocycles. The molecule has 96 valence electrons. The second-order valence-electron chi connectivity index (χ2n) is 3.01. The van der Waals surface area contributed by atoms with Crippen molar-refractivity contribution in [3.8, 4) is 6.07 Å². The number of nitriles is 1. The number of hydrogen-bond acceptors (Lipinski definition) is 3. The summed E-state index contributed by atoms with van der Waals surface area (Å²) in [4.78, 5) is 6.21. The Morgan fingerprint density at radius 2 is 1.76 bits per heavy atom. The van der Waals surface area contributed by atoms with E-state index in [9.17, 15) is 0 Å². The molecule has 1 rings (SSSR count). The molecule has 1 aromatic rings. The van der Waals surface area contributed by atoms with Crippen LogP contribution in [0.5, 0.6) is 0 Å². The Bertz CT molecular complexity index is 273. The van der Waals surface area contributed by atoms with E-state index in [-0.39, 0.29) is 0 Å². The zero-order chi connectivity index (χ0) is 13.5. The van der Waals surface area contributed by atoms with Gasteiger partial charge in [0.05, 0.1) is 6.07 Å². The van der Waals surface area contributed by atoms with Gasteiger partial charge in [-0.3, -0.25) is 4.98 Å². The van der Waals surface area contributed by atoms with Crippen molar-refractivity contribution >= 4 is 15.9 Å². The maximum atomic E-state index is 7.32. The first-order valence-electron chi connectivity index (χ1n) is 5.74. The molecule has 4 heteroatoms. The molecule has 0 saturated carbocycles. The van der Waals surface area contributed by atoms with E-state index >= 15 is 0 Å². The minimum absolute atomic E-state index is 1.02. The van der Waals surface area contributed by atoms with Crippen molar-refractivity contribution in [1.82, 2.24) is 9.88 Å².